The summed E-state index contributed by atoms with van der Waals surface area (Å²) < 4.78 is 10.9. The van der Waals surface area contributed by atoms with E-state index >= 15 is 0 Å². The maximum atomic E-state index is 8.93. The van der Waals surface area contributed by atoms with Gasteiger partial charge < -0.3 is 24.8 Å². The molecule has 0 unspecified atom stereocenters. The number of methoxy groups -OCH3 is 1. The number of aliphatic hydroxyl groups is 1. The molecule has 0 aromatic heterocycles. The van der Waals surface area contributed by atoms with Crippen molar-refractivity contribution < 1.29 is 14.6 Å². The summed E-state index contributed by atoms with van der Waals surface area (Å²) >= 11 is 0. The molecule has 6 nitrogen and oxygen atoms in total. The van der Waals surface area contributed by atoms with Gasteiger partial charge in [0.15, 0.2) is 17.5 Å². The number of benzene rings is 1. The SMILES string of the molecule is CCNC(=NCc1ccc(OCCO)c(OC)c1)N1CCC2(CCCC2)C1. The number of likely N-dealkylation sites (tertiary alicyclic amines) is 1. The average Bonchev–Trinajstić information content (AvgIpc) is 3.33. The molecule has 2 aliphatic rings. The van der Waals surface area contributed by atoms with Gasteiger partial charge in [-0.15, -0.1) is 0 Å². The summed E-state index contributed by atoms with van der Waals surface area (Å²) in [6, 6.07) is 5.85. The average molecular weight is 376 g/mol. The summed E-state index contributed by atoms with van der Waals surface area (Å²) in [4.78, 5) is 7.32. The third kappa shape index (κ3) is 4.86. The molecule has 0 radical (unpaired) electrons. The number of hydrogen-bond donors (Lipinski definition) is 2. The van der Waals surface area contributed by atoms with E-state index in [2.05, 4.69) is 17.1 Å². The lowest BCUT2D eigenvalue weighted by Crippen LogP contribution is -2.41. The van der Waals surface area contributed by atoms with E-state index < -0.39 is 0 Å². The highest BCUT2D eigenvalue weighted by molar-refractivity contribution is 5.80. The molecule has 1 heterocycles. The van der Waals surface area contributed by atoms with Crippen LogP contribution in [0.5, 0.6) is 11.5 Å². The van der Waals surface area contributed by atoms with Gasteiger partial charge in [0.25, 0.3) is 0 Å². The number of nitrogens with one attached hydrogen (secondary N) is 1. The first-order valence-corrected chi connectivity index (χ1v) is 10.1. The van der Waals surface area contributed by atoms with Gasteiger partial charge in [-0.3, -0.25) is 0 Å². The Morgan fingerprint density at radius 2 is 2.07 bits per heavy atom. The van der Waals surface area contributed by atoms with E-state index in [4.69, 9.17) is 19.6 Å². The van der Waals surface area contributed by atoms with Crippen LogP contribution in [0.4, 0.5) is 0 Å². The highest BCUT2D eigenvalue weighted by Crippen LogP contribution is 2.45. The normalized spacial score (nSPS) is 18.9. The molecule has 1 aliphatic carbocycles. The zero-order chi connectivity index (χ0) is 19.1. The molecule has 0 atom stereocenters. The predicted octanol–water partition coefficient (Wildman–Crippen LogP) is 2.80. The van der Waals surface area contributed by atoms with Gasteiger partial charge >= 0.3 is 0 Å². The van der Waals surface area contributed by atoms with Gasteiger partial charge in [-0.05, 0) is 49.3 Å². The van der Waals surface area contributed by atoms with Gasteiger partial charge in [0.2, 0.25) is 0 Å². The first-order valence-electron chi connectivity index (χ1n) is 10.1. The summed E-state index contributed by atoms with van der Waals surface area (Å²) in [6.07, 6.45) is 6.80. The number of ether oxygens (including phenoxy) is 2. The van der Waals surface area contributed by atoms with Crippen LogP contribution in [0.25, 0.3) is 0 Å². The van der Waals surface area contributed by atoms with E-state index in [0.717, 1.165) is 31.2 Å². The Balaban J connectivity index is 1.68. The van der Waals surface area contributed by atoms with E-state index in [0.29, 0.717) is 23.5 Å². The Labute approximate surface area is 162 Å². The third-order valence-electron chi connectivity index (χ3n) is 5.73. The molecule has 1 aromatic rings. The van der Waals surface area contributed by atoms with Crippen LogP contribution >= 0.6 is 0 Å². The second-order valence-electron chi connectivity index (χ2n) is 7.61. The molecule has 150 valence electrons. The van der Waals surface area contributed by atoms with E-state index in [9.17, 15) is 0 Å². The van der Waals surface area contributed by atoms with Crippen LogP contribution in [0.15, 0.2) is 23.2 Å². The van der Waals surface area contributed by atoms with Crippen molar-refractivity contribution in [2.75, 3.05) is 40.0 Å². The molecule has 0 bridgehead atoms. The summed E-state index contributed by atoms with van der Waals surface area (Å²) in [6.45, 7) is 6.07. The van der Waals surface area contributed by atoms with Crippen LogP contribution in [0.3, 0.4) is 0 Å². The molecule has 0 amide bonds. The Morgan fingerprint density at radius 1 is 1.26 bits per heavy atom. The molecule has 1 spiro atoms. The van der Waals surface area contributed by atoms with Crippen LogP contribution in [0.1, 0.15) is 44.6 Å². The summed E-state index contributed by atoms with van der Waals surface area (Å²) in [5.74, 6) is 2.34. The number of guanidine groups is 1. The molecular weight excluding hydrogens is 342 g/mol. The predicted molar refractivity (Wildman–Crippen MR) is 107 cm³/mol. The smallest absolute Gasteiger partial charge is 0.194 e. The van der Waals surface area contributed by atoms with E-state index in [1.165, 1.54) is 32.1 Å². The van der Waals surface area contributed by atoms with Crippen LogP contribution < -0.4 is 14.8 Å². The molecular formula is C21H33N3O3. The molecule has 2 N–H and O–H groups in total. The largest absolute Gasteiger partial charge is 0.493 e. The molecule has 1 aromatic carbocycles. The highest BCUT2D eigenvalue weighted by atomic mass is 16.5. The Bertz CT molecular complexity index is 642. The molecule has 27 heavy (non-hydrogen) atoms. The summed E-state index contributed by atoms with van der Waals surface area (Å²) in [7, 11) is 1.63. The molecule has 1 saturated carbocycles. The first kappa shape index (κ1) is 19.8. The lowest BCUT2D eigenvalue weighted by atomic mass is 9.86. The van der Waals surface area contributed by atoms with Gasteiger partial charge in [0.05, 0.1) is 20.3 Å². The fourth-order valence-electron chi connectivity index (χ4n) is 4.33. The van der Waals surface area contributed by atoms with Crippen molar-refractivity contribution in [2.45, 2.75) is 45.6 Å². The number of rotatable bonds is 7. The molecule has 6 heteroatoms. The van der Waals surface area contributed by atoms with Crippen molar-refractivity contribution in [1.29, 1.82) is 0 Å². The van der Waals surface area contributed by atoms with Crippen molar-refractivity contribution in [3.63, 3.8) is 0 Å². The van der Waals surface area contributed by atoms with Gasteiger partial charge in [0, 0.05) is 19.6 Å². The highest BCUT2D eigenvalue weighted by Gasteiger charge is 2.41. The fraction of sp³-hybridized carbons (Fsp3) is 0.667. The minimum atomic E-state index is -0.0153. The molecule has 1 aliphatic heterocycles. The van der Waals surface area contributed by atoms with Gasteiger partial charge in [-0.2, -0.15) is 0 Å². The van der Waals surface area contributed by atoms with Gasteiger partial charge in [-0.25, -0.2) is 4.99 Å². The first-order chi connectivity index (χ1) is 13.2. The van der Waals surface area contributed by atoms with E-state index in [1.54, 1.807) is 7.11 Å². The maximum absolute atomic E-state index is 8.93. The van der Waals surface area contributed by atoms with Crippen molar-refractivity contribution in [3.05, 3.63) is 23.8 Å². The van der Waals surface area contributed by atoms with Crippen LogP contribution in [-0.4, -0.2) is 55.9 Å². The minimum Gasteiger partial charge on any atom is -0.493 e. The standard InChI is InChI=1S/C21H33N3O3/c1-3-22-20(24-11-10-21(16-24)8-4-5-9-21)23-15-17-6-7-18(27-13-12-25)19(14-17)26-2/h6-7,14,25H,3-5,8-13,15-16H2,1-2H3,(H,22,23). The van der Waals surface area contributed by atoms with Crippen molar-refractivity contribution in [1.82, 2.24) is 10.2 Å². The lowest BCUT2D eigenvalue weighted by Gasteiger charge is -2.26. The number of hydrogen-bond acceptors (Lipinski definition) is 4. The molecule has 1 saturated heterocycles. The van der Waals surface area contributed by atoms with E-state index in [1.807, 2.05) is 18.2 Å². The molecule has 3 rings (SSSR count). The Morgan fingerprint density at radius 3 is 2.78 bits per heavy atom. The lowest BCUT2D eigenvalue weighted by molar-refractivity contribution is 0.196. The zero-order valence-electron chi connectivity index (χ0n) is 16.7. The second-order valence-corrected chi connectivity index (χ2v) is 7.61. The summed E-state index contributed by atoms with van der Waals surface area (Å²) in [5.41, 5.74) is 1.61. The second kappa shape index (κ2) is 9.31. The van der Waals surface area contributed by atoms with Crippen LogP contribution in [-0.2, 0) is 6.54 Å². The van der Waals surface area contributed by atoms with Gasteiger partial charge in [-0.1, -0.05) is 18.9 Å². The number of aliphatic imine (C=N–C) groups is 1. The Kier molecular flexibility index (Phi) is 6.83. The third-order valence-corrected chi connectivity index (χ3v) is 5.73. The quantitative estimate of drug-likeness (QED) is 0.567. The van der Waals surface area contributed by atoms with Crippen molar-refractivity contribution in [3.8, 4) is 11.5 Å². The maximum Gasteiger partial charge on any atom is 0.194 e. The molecule has 2 fully saturated rings. The zero-order valence-corrected chi connectivity index (χ0v) is 16.7. The summed E-state index contributed by atoms with van der Waals surface area (Å²) in [5, 5.41) is 12.4. The van der Waals surface area contributed by atoms with E-state index in [-0.39, 0.29) is 13.2 Å². The van der Waals surface area contributed by atoms with Crippen molar-refractivity contribution >= 4 is 5.96 Å². The fourth-order valence-corrected chi connectivity index (χ4v) is 4.33. The van der Waals surface area contributed by atoms with Crippen molar-refractivity contribution in [2.24, 2.45) is 10.4 Å². The minimum absolute atomic E-state index is 0.0153. The monoisotopic (exact) mass is 375 g/mol. The van der Waals surface area contributed by atoms with Crippen LogP contribution in [0.2, 0.25) is 0 Å². The van der Waals surface area contributed by atoms with Crippen LogP contribution in [0, 0.1) is 5.41 Å². The topological polar surface area (TPSA) is 66.3 Å². The van der Waals surface area contributed by atoms with Gasteiger partial charge in [0.1, 0.15) is 6.61 Å². The Hall–Kier alpha value is -1.95. The number of nitrogens with zero attached hydrogens (tertiary/aromatic N) is 2. The number of aliphatic hydroxyl groups excluding tert-OH is 1.